The van der Waals surface area contributed by atoms with Gasteiger partial charge in [-0.2, -0.15) is 0 Å². The van der Waals surface area contributed by atoms with Crippen molar-refractivity contribution < 1.29 is 45.7 Å². The van der Waals surface area contributed by atoms with Crippen molar-refractivity contribution in [3.63, 3.8) is 0 Å². The van der Waals surface area contributed by atoms with Gasteiger partial charge in [-0.25, -0.2) is 9.59 Å². The molecule has 0 unspecified atom stereocenters. The quantitative estimate of drug-likeness (QED) is 0.0330. The van der Waals surface area contributed by atoms with E-state index in [9.17, 15) is 9.59 Å². The van der Waals surface area contributed by atoms with Crippen molar-refractivity contribution in [2.45, 2.75) is 99.7 Å². The van der Waals surface area contributed by atoms with Crippen molar-refractivity contribution in [1.29, 1.82) is 0 Å². The first-order valence-electron chi connectivity index (χ1n) is 27.4. The Bertz CT molecular complexity index is 2070. The average molecular weight is 1070 g/mol. The van der Waals surface area contributed by atoms with Gasteiger partial charge in [0, 0.05) is 170 Å². The standard InChI is InChI=1S/C54H88N8O10Si2/c1-11-60(12-2)43-27-29-47-49(41-43)72-50-42-44(61(13-3)14-4)28-30-48(50)54(47)46-26-22-21-25-45(46)51(63)62(54)38-37-59(35-33-57-52(64)55-31-23-39-73(66-15-5,67-16-6)68-17-7)36-34-58-53(65)56-32-24-40-74(69-18-8,70-19-9)71-20-10/h21-22,25-30,41-42H,11-20,23-24,31-40H2,1-10H3,(H2,55,57,64)(H2,56,58,65). The minimum Gasteiger partial charge on any atom is -0.456 e. The summed E-state index contributed by atoms with van der Waals surface area (Å²) in [4.78, 5) is 50.3. The molecule has 5 amide bonds. The van der Waals surface area contributed by atoms with Crippen LogP contribution >= 0.6 is 0 Å². The van der Waals surface area contributed by atoms with Gasteiger partial charge in [-0.05, 0) is 106 Å². The molecule has 2 aliphatic rings. The average Bonchev–Trinajstić information content (AvgIpc) is 3.64. The third kappa shape index (κ3) is 14.8. The maximum atomic E-state index is 15.1. The summed E-state index contributed by atoms with van der Waals surface area (Å²) >= 11 is 0. The van der Waals surface area contributed by atoms with Crippen molar-refractivity contribution in [1.82, 2.24) is 31.1 Å². The van der Waals surface area contributed by atoms with Crippen LogP contribution in [-0.4, -0.2) is 164 Å². The first-order chi connectivity index (χ1) is 35.9. The number of hydrogen-bond acceptors (Lipinski definition) is 13. The highest BCUT2D eigenvalue weighted by Crippen LogP contribution is 2.58. The number of hydrogen-bond donors (Lipinski definition) is 4. The largest absolute Gasteiger partial charge is 0.500 e. The molecule has 0 aliphatic carbocycles. The summed E-state index contributed by atoms with van der Waals surface area (Å²) in [5.41, 5.74) is 4.41. The summed E-state index contributed by atoms with van der Waals surface area (Å²) in [7, 11) is -5.69. The van der Waals surface area contributed by atoms with Crippen molar-refractivity contribution in [2.75, 3.05) is 128 Å². The van der Waals surface area contributed by atoms with E-state index in [2.05, 4.69) is 106 Å². The normalized spacial score (nSPS) is 13.6. The highest BCUT2D eigenvalue weighted by Gasteiger charge is 2.56. The number of fused-ring (bicyclic) bond motifs is 6. The van der Waals surface area contributed by atoms with Gasteiger partial charge in [0.15, 0.2) is 0 Å². The van der Waals surface area contributed by atoms with Gasteiger partial charge in [0.25, 0.3) is 5.91 Å². The molecule has 0 radical (unpaired) electrons. The molecule has 3 aromatic carbocycles. The summed E-state index contributed by atoms with van der Waals surface area (Å²) in [6.45, 7) is 29.5. The van der Waals surface area contributed by atoms with E-state index >= 15 is 4.79 Å². The molecular formula is C54H88N8O10Si2. The summed E-state index contributed by atoms with van der Waals surface area (Å²) in [6.07, 6.45) is 1.26. The molecular weight excluding hydrogens is 977 g/mol. The van der Waals surface area contributed by atoms with Gasteiger partial charge in [0.1, 0.15) is 17.0 Å². The Labute approximate surface area is 444 Å². The summed E-state index contributed by atoms with van der Waals surface area (Å²) < 4.78 is 42.9. The topological polar surface area (TPSA) is 177 Å². The van der Waals surface area contributed by atoms with Gasteiger partial charge in [-0.15, -0.1) is 0 Å². The smallest absolute Gasteiger partial charge is 0.456 e. The molecule has 0 atom stereocenters. The van der Waals surface area contributed by atoms with E-state index in [1.54, 1.807) is 0 Å². The van der Waals surface area contributed by atoms with Crippen LogP contribution in [0.5, 0.6) is 11.5 Å². The van der Waals surface area contributed by atoms with Crippen LogP contribution in [0.1, 0.15) is 109 Å². The number of amides is 5. The van der Waals surface area contributed by atoms with Gasteiger partial charge in [0.05, 0.1) is 0 Å². The van der Waals surface area contributed by atoms with E-state index < -0.39 is 23.1 Å². The van der Waals surface area contributed by atoms with E-state index in [0.717, 1.165) is 54.2 Å². The zero-order valence-corrected chi connectivity index (χ0v) is 48.2. The summed E-state index contributed by atoms with van der Waals surface area (Å²) in [6, 6.07) is 21.3. The molecule has 74 heavy (non-hydrogen) atoms. The van der Waals surface area contributed by atoms with Crippen molar-refractivity contribution in [3.05, 3.63) is 82.9 Å². The second-order valence-electron chi connectivity index (χ2n) is 17.9. The number of urea groups is 2. The molecule has 4 N–H and O–H groups in total. The number of ether oxygens (including phenoxy) is 1. The fraction of sp³-hybridized carbons (Fsp3) is 0.611. The van der Waals surface area contributed by atoms with Crippen molar-refractivity contribution in [2.24, 2.45) is 0 Å². The van der Waals surface area contributed by atoms with Crippen LogP contribution in [0.4, 0.5) is 21.0 Å². The maximum Gasteiger partial charge on any atom is 0.500 e. The van der Waals surface area contributed by atoms with Crippen LogP contribution in [0.25, 0.3) is 0 Å². The lowest BCUT2D eigenvalue weighted by molar-refractivity contribution is 0.0634. The lowest BCUT2D eigenvalue weighted by atomic mass is 9.74. The predicted molar refractivity (Wildman–Crippen MR) is 297 cm³/mol. The van der Waals surface area contributed by atoms with Crippen LogP contribution in [0.15, 0.2) is 60.7 Å². The molecule has 0 aromatic heterocycles. The van der Waals surface area contributed by atoms with Crippen LogP contribution < -0.4 is 35.8 Å². The van der Waals surface area contributed by atoms with Crippen LogP contribution in [0, 0.1) is 0 Å². The number of anilines is 2. The third-order valence-electron chi connectivity index (χ3n) is 13.5. The number of carbonyl (C=O) groups is 3. The molecule has 20 heteroatoms. The monoisotopic (exact) mass is 1060 g/mol. The van der Waals surface area contributed by atoms with Crippen molar-refractivity contribution in [3.8, 4) is 11.5 Å². The molecule has 412 valence electrons. The van der Waals surface area contributed by atoms with E-state index in [4.69, 9.17) is 31.3 Å². The van der Waals surface area contributed by atoms with Gasteiger partial charge in [-0.3, -0.25) is 9.69 Å². The first kappa shape index (κ1) is 60.1. The molecule has 0 bridgehead atoms. The SMILES string of the molecule is CCO[Si](CCCNC(=O)NCCN(CCNC(=O)NCCC[Si](OCC)(OCC)OCC)CCN1C(=O)c2ccccc2C12c1ccc(N(CC)CC)cc1Oc1cc(N(CC)CC)ccc12)(OCC)OCC. The molecule has 18 nitrogen and oxygen atoms in total. The van der Waals surface area contributed by atoms with Gasteiger partial charge < -0.3 is 67.3 Å². The highest BCUT2D eigenvalue weighted by molar-refractivity contribution is 6.61. The fourth-order valence-electron chi connectivity index (χ4n) is 10.3. The number of nitrogens with zero attached hydrogens (tertiary/aromatic N) is 4. The third-order valence-corrected chi connectivity index (χ3v) is 19.8. The van der Waals surface area contributed by atoms with E-state index in [1.807, 2.05) is 64.6 Å². The second-order valence-corrected chi connectivity index (χ2v) is 23.4. The molecule has 2 aliphatic heterocycles. The minimum atomic E-state index is -2.84. The molecule has 2 heterocycles. The summed E-state index contributed by atoms with van der Waals surface area (Å²) in [5, 5.41) is 12.0. The Morgan fingerprint density at radius 3 is 1.35 bits per heavy atom. The molecule has 0 fully saturated rings. The lowest BCUT2D eigenvalue weighted by Gasteiger charge is -2.45. The van der Waals surface area contributed by atoms with E-state index in [-0.39, 0.29) is 18.0 Å². The van der Waals surface area contributed by atoms with Crippen LogP contribution in [0.3, 0.4) is 0 Å². The Morgan fingerprint density at radius 1 is 0.541 bits per heavy atom. The zero-order valence-electron chi connectivity index (χ0n) is 46.2. The van der Waals surface area contributed by atoms with Gasteiger partial charge >= 0.3 is 29.7 Å². The highest BCUT2D eigenvalue weighted by atomic mass is 28.4. The van der Waals surface area contributed by atoms with Gasteiger partial charge in [0.2, 0.25) is 0 Å². The van der Waals surface area contributed by atoms with Crippen LogP contribution in [-0.2, 0) is 32.1 Å². The maximum absolute atomic E-state index is 15.1. The number of rotatable bonds is 35. The second kappa shape index (κ2) is 30.1. The number of nitrogens with one attached hydrogen (secondary N) is 4. The van der Waals surface area contributed by atoms with Crippen molar-refractivity contribution >= 4 is 47.0 Å². The van der Waals surface area contributed by atoms with E-state index in [1.165, 1.54) is 0 Å². The molecule has 1 spiro atoms. The first-order valence-corrected chi connectivity index (χ1v) is 31.3. The number of benzene rings is 3. The van der Waals surface area contributed by atoms with Crippen LogP contribution in [0.2, 0.25) is 12.1 Å². The fourth-order valence-corrected chi connectivity index (χ4v) is 15.5. The minimum absolute atomic E-state index is 0.0785. The Balaban J connectivity index is 1.39. The Kier molecular flexibility index (Phi) is 24.4. The molecule has 5 rings (SSSR count). The lowest BCUT2D eigenvalue weighted by Crippen LogP contribution is -2.51. The predicted octanol–water partition coefficient (Wildman–Crippen LogP) is 8.01. The van der Waals surface area contributed by atoms with Gasteiger partial charge in [-0.1, -0.05) is 30.3 Å². The zero-order chi connectivity index (χ0) is 53.6. The number of carbonyl (C=O) groups excluding carboxylic acids is 3. The Morgan fingerprint density at radius 2 is 0.946 bits per heavy atom. The Hall–Kier alpha value is -4.78. The summed E-state index contributed by atoms with van der Waals surface area (Å²) in [5.74, 6) is 1.34. The molecule has 0 saturated heterocycles. The van der Waals surface area contributed by atoms with E-state index in [0.29, 0.717) is 134 Å². The molecule has 3 aromatic rings. The molecule has 0 saturated carbocycles.